The molecule has 0 unspecified atom stereocenters. The SMILES string of the molecule is CC(=O)N[C@@H]1[C@@H](OCCCc2ccccc2)O[C@@H](CO)[C@@H](O)[C@H]1O. The summed E-state index contributed by atoms with van der Waals surface area (Å²) in [6, 6.07) is 9.05. The number of aliphatic hydroxyl groups excluding tert-OH is 3. The lowest BCUT2D eigenvalue weighted by molar-refractivity contribution is -0.270. The second-order valence-corrected chi connectivity index (χ2v) is 5.89. The topological polar surface area (TPSA) is 108 Å². The molecule has 0 bridgehead atoms. The molecule has 1 saturated heterocycles. The lowest BCUT2D eigenvalue weighted by Crippen LogP contribution is -2.64. The van der Waals surface area contributed by atoms with Crippen molar-refractivity contribution in [2.75, 3.05) is 13.2 Å². The van der Waals surface area contributed by atoms with Gasteiger partial charge in [0.15, 0.2) is 6.29 Å². The molecule has 7 heteroatoms. The maximum atomic E-state index is 11.3. The predicted molar refractivity (Wildman–Crippen MR) is 86.1 cm³/mol. The smallest absolute Gasteiger partial charge is 0.217 e. The number of carbonyl (C=O) groups is 1. The van der Waals surface area contributed by atoms with E-state index in [-0.39, 0.29) is 5.91 Å². The van der Waals surface area contributed by atoms with Gasteiger partial charge in [-0.1, -0.05) is 30.3 Å². The largest absolute Gasteiger partial charge is 0.394 e. The predicted octanol–water partition coefficient (Wildman–Crippen LogP) is -0.420. The molecule has 1 aromatic rings. The number of ether oxygens (including phenoxy) is 2. The van der Waals surface area contributed by atoms with Crippen LogP contribution < -0.4 is 5.32 Å². The molecule has 1 aliphatic heterocycles. The van der Waals surface area contributed by atoms with Gasteiger partial charge in [0.2, 0.25) is 5.91 Å². The van der Waals surface area contributed by atoms with E-state index in [4.69, 9.17) is 9.47 Å². The third kappa shape index (κ3) is 4.99. The van der Waals surface area contributed by atoms with Crippen molar-refractivity contribution in [1.82, 2.24) is 5.32 Å². The average Bonchev–Trinajstić information content (AvgIpc) is 2.58. The molecule has 0 saturated carbocycles. The van der Waals surface area contributed by atoms with Crippen LogP contribution in [0.4, 0.5) is 0 Å². The molecule has 24 heavy (non-hydrogen) atoms. The van der Waals surface area contributed by atoms with Crippen LogP contribution in [0.2, 0.25) is 0 Å². The Morgan fingerprint density at radius 1 is 1.25 bits per heavy atom. The van der Waals surface area contributed by atoms with E-state index in [0.717, 1.165) is 12.8 Å². The van der Waals surface area contributed by atoms with Crippen molar-refractivity contribution in [2.24, 2.45) is 0 Å². The summed E-state index contributed by atoms with van der Waals surface area (Å²) < 4.78 is 11.1. The fourth-order valence-electron chi connectivity index (χ4n) is 2.73. The minimum Gasteiger partial charge on any atom is -0.394 e. The van der Waals surface area contributed by atoms with Crippen LogP contribution in [0.5, 0.6) is 0 Å². The molecule has 1 aromatic carbocycles. The van der Waals surface area contributed by atoms with E-state index >= 15 is 0 Å². The first kappa shape index (κ1) is 18.8. The van der Waals surface area contributed by atoms with Gasteiger partial charge < -0.3 is 30.1 Å². The van der Waals surface area contributed by atoms with E-state index in [1.165, 1.54) is 12.5 Å². The average molecular weight is 339 g/mol. The molecule has 0 aromatic heterocycles. The number of amides is 1. The maximum absolute atomic E-state index is 11.3. The first-order valence-electron chi connectivity index (χ1n) is 8.08. The van der Waals surface area contributed by atoms with Crippen molar-refractivity contribution in [1.29, 1.82) is 0 Å². The van der Waals surface area contributed by atoms with Gasteiger partial charge in [-0.2, -0.15) is 0 Å². The van der Waals surface area contributed by atoms with Crippen LogP contribution in [0, 0.1) is 0 Å². The summed E-state index contributed by atoms with van der Waals surface area (Å²) in [6.45, 7) is 1.22. The lowest BCUT2D eigenvalue weighted by Gasteiger charge is -2.42. The van der Waals surface area contributed by atoms with E-state index in [1.807, 2.05) is 30.3 Å². The fraction of sp³-hybridized carbons (Fsp3) is 0.588. The van der Waals surface area contributed by atoms with Crippen molar-refractivity contribution in [3.8, 4) is 0 Å². The van der Waals surface area contributed by atoms with E-state index in [1.54, 1.807) is 0 Å². The monoisotopic (exact) mass is 339 g/mol. The van der Waals surface area contributed by atoms with Gasteiger partial charge in [0, 0.05) is 6.92 Å². The first-order chi connectivity index (χ1) is 11.5. The highest BCUT2D eigenvalue weighted by Gasteiger charge is 2.45. The molecule has 0 spiro atoms. The molecule has 7 nitrogen and oxygen atoms in total. The highest BCUT2D eigenvalue weighted by molar-refractivity contribution is 5.73. The Balaban J connectivity index is 1.90. The third-order valence-corrected chi connectivity index (χ3v) is 3.99. The normalized spacial score (nSPS) is 30.1. The summed E-state index contributed by atoms with van der Waals surface area (Å²) in [5, 5.41) is 31.9. The first-order valence-corrected chi connectivity index (χ1v) is 8.08. The Hall–Kier alpha value is -1.51. The molecule has 2 rings (SSSR count). The molecule has 5 atom stereocenters. The number of hydrogen-bond acceptors (Lipinski definition) is 6. The number of rotatable bonds is 7. The molecular formula is C17H25NO6. The molecule has 1 fully saturated rings. The quantitative estimate of drug-likeness (QED) is 0.503. The molecule has 4 N–H and O–H groups in total. The number of benzene rings is 1. The molecular weight excluding hydrogens is 314 g/mol. The van der Waals surface area contributed by atoms with Crippen LogP contribution in [0.3, 0.4) is 0 Å². The van der Waals surface area contributed by atoms with E-state index in [2.05, 4.69) is 5.32 Å². The van der Waals surface area contributed by atoms with Gasteiger partial charge in [-0.15, -0.1) is 0 Å². The lowest BCUT2D eigenvalue weighted by atomic mass is 9.97. The minimum atomic E-state index is -1.30. The molecule has 1 heterocycles. The number of aliphatic hydroxyl groups is 3. The molecule has 1 aliphatic rings. The summed E-state index contributed by atoms with van der Waals surface area (Å²) in [7, 11) is 0. The van der Waals surface area contributed by atoms with Gasteiger partial charge in [0.1, 0.15) is 24.4 Å². The fourth-order valence-corrected chi connectivity index (χ4v) is 2.73. The minimum absolute atomic E-state index is 0.358. The summed E-state index contributed by atoms with van der Waals surface area (Å²) in [5.74, 6) is -0.366. The van der Waals surface area contributed by atoms with Gasteiger partial charge in [0.25, 0.3) is 0 Å². The summed E-state index contributed by atoms with van der Waals surface area (Å²) in [4.78, 5) is 11.3. The van der Waals surface area contributed by atoms with E-state index < -0.39 is 37.3 Å². The number of aryl methyl sites for hydroxylation is 1. The zero-order chi connectivity index (χ0) is 17.5. The van der Waals surface area contributed by atoms with Crippen LogP contribution in [0.15, 0.2) is 30.3 Å². The highest BCUT2D eigenvalue weighted by Crippen LogP contribution is 2.22. The second-order valence-electron chi connectivity index (χ2n) is 5.89. The molecule has 0 aliphatic carbocycles. The van der Waals surface area contributed by atoms with Crippen LogP contribution in [-0.4, -0.2) is 65.1 Å². The zero-order valence-electron chi connectivity index (χ0n) is 13.7. The molecule has 1 amide bonds. The van der Waals surface area contributed by atoms with Gasteiger partial charge in [-0.25, -0.2) is 0 Å². The van der Waals surface area contributed by atoms with Gasteiger partial charge in [0.05, 0.1) is 13.2 Å². The van der Waals surface area contributed by atoms with Crippen molar-refractivity contribution in [3.05, 3.63) is 35.9 Å². The van der Waals surface area contributed by atoms with Crippen molar-refractivity contribution < 1.29 is 29.6 Å². The maximum Gasteiger partial charge on any atom is 0.217 e. The Kier molecular flexibility index (Phi) is 7.14. The Morgan fingerprint density at radius 2 is 1.96 bits per heavy atom. The van der Waals surface area contributed by atoms with Gasteiger partial charge in [-0.3, -0.25) is 4.79 Å². The Morgan fingerprint density at radius 3 is 2.58 bits per heavy atom. The third-order valence-electron chi connectivity index (χ3n) is 3.99. The van der Waals surface area contributed by atoms with Crippen molar-refractivity contribution in [3.63, 3.8) is 0 Å². The summed E-state index contributed by atoms with van der Waals surface area (Å²) in [6.07, 6.45) is -2.90. The Bertz CT molecular complexity index is 511. The number of carbonyl (C=O) groups excluding carboxylic acids is 1. The van der Waals surface area contributed by atoms with E-state index in [0.29, 0.717) is 6.61 Å². The second kappa shape index (κ2) is 9.10. The summed E-state index contributed by atoms with van der Waals surface area (Å²) in [5.41, 5.74) is 1.19. The summed E-state index contributed by atoms with van der Waals surface area (Å²) >= 11 is 0. The standard InChI is InChI=1S/C17H25NO6/c1-11(20)18-14-16(22)15(21)13(10-19)24-17(14)23-9-5-8-12-6-3-2-4-7-12/h2-4,6-7,13-17,19,21-22H,5,8-10H2,1H3,(H,18,20)/t13-,14-,15+,16-,17-/m0/s1. The molecule has 134 valence electrons. The van der Waals surface area contributed by atoms with E-state index in [9.17, 15) is 20.1 Å². The van der Waals surface area contributed by atoms with Crippen LogP contribution >= 0.6 is 0 Å². The van der Waals surface area contributed by atoms with Crippen molar-refractivity contribution >= 4 is 5.91 Å². The number of hydrogen-bond donors (Lipinski definition) is 4. The number of nitrogens with one attached hydrogen (secondary N) is 1. The zero-order valence-corrected chi connectivity index (χ0v) is 13.7. The Labute approximate surface area is 141 Å². The highest BCUT2D eigenvalue weighted by atomic mass is 16.7. The van der Waals surface area contributed by atoms with Gasteiger partial charge in [-0.05, 0) is 18.4 Å². The van der Waals surface area contributed by atoms with Crippen LogP contribution in [-0.2, 0) is 20.7 Å². The van der Waals surface area contributed by atoms with Gasteiger partial charge >= 0.3 is 0 Å². The van der Waals surface area contributed by atoms with Crippen LogP contribution in [0.1, 0.15) is 18.9 Å². The molecule has 0 radical (unpaired) electrons. The van der Waals surface area contributed by atoms with Crippen molar-refractivity contribution in [2.45, 2.75) is 50.4 Å². The van der Waals surface area contributed by atoms with Crippen LogP contribution in [0.25, 0.3) is 0 Å².